The van der Waals surface area contributed by atoms with E-state index in [1.54, 1.807) is 0 Å². The summed E-state index contributed by atoms with van der Waals surface area (Å²) in [4.78, 5) is 7.38. The van der Waals surface area contributed by atoms with Crippen molar-refractivity contribution in [2.24, 2.45) is 0 Å². The second-order valence-electron chi connectivity index (χ2n) is 11.2. The van der Waals surface area contributed by atoms with Gasteiger partial charge in [-0.3, -0.25) is 0 Å². The van der Waals surface area contributed by atoms with Crippen LogP contribution in [0.15, 0.2) is 167 Å². The van der Waals surface area contributed by atoms with E-state index in [4.69, 9.17) is 13.8 Å². The molecule has 0 fully saturated rings. The molecule has 4 heteroatoms. The van der Waals surface area contributed by atoms with Crippen molar-refractivity contribution < 1.29 is 8.83 Å². The molecule has 0 amide bonds. The van der Waals surface area contributed by atoms with Gasteiger partial charge in [-0.1, -0.05) is 103 Å². The zero-order chi connectivity index (χ0) is 29.7. The molecule has 9 aromatic rings. The molecule has 0 saturated heterocycles. The lowest BCUT2D eigenvalue weighted by Crippen LogP contribution is -2.10. The van der Waals surface area contributed by atoms with Gasteiger partial charge in [0.05, 0.1) is 5.69 Å². The summed E-state index contributed by atoms with van der Waals surface area (Å²) in [5.41, 5.74) is 9.61. The van der Waals surface area contributed by atoms with Gasteiger partial charge in [0.2, 0.25) is 5.89 Å². The van der Waals surface area contributed by atoms with Gasteiger partial charge in [-0.2, -0.15) is 0 Å². The molecular formula is C41H26N2O2. The van der Waals surface area contributed by atoms with E-state index in [1.165, 1.54) is 0 Å². The molecule has 0 N–H and O–H groups in total. The minimum Gasteiger partial charge on any atom is -0.456 e. The van der Waals surface area contributed by atoms with Crippen LogP contribution < -0.4 is 4.90 Å². The van der Waals surface area contributed by atoms with Crippen LogP contribution in [-0.2, 0) is 0 Å². The van der Waals surface area contributed by atoms with E-state index < -0.39 is 0 Å². The summed E-state index contributed by atoms with van der Waals surface area (Å²) in [6.45, 7) is 0. The van der Waals surface area contributed by atoms with Gasteiger partial charge in [0.25, 0.3) is 0 Å². The van der Waals surface area contributed by atoms with E-state index in [2.05, 4.69) is 102 Å². The first-order chi connectivity index (χ1) is 22.3. The number of benzene rings is 7. The highest BCUT2D eigenvalue weighted by molar-refractivity contribution is 6.13. The van der Waals surface area contributed by atoms with Gasteiger partial charge in [-0.15, -0.1) is 0 Å². The summed E-state index contributed by atoms with van der Waals surface area (Å²) < 4.78 is 12.7. The molecule has 0 unspecified atom stereocenters. The number of furan rings is 1. The topological polar surface area (TPSA) is 42.4 Å². The highest BCUT2D eigenvalue weighted by Crippen LogP contribution is 2.44. The molecule has 2 heterocycles. The number of anilines is 3. The first kappa shape index (κ1) is 25.4. The Hall–Kier alpha value is -6.13. The summed E-state index contributed by atoms with van der Waals surface area (Å²) >= 11 is 0. The average molecular weight is 579 g/mol. The fourth-order valence-corrected chi connectivity index (χ4v) is 6.41. The van der Waals surface area contributed by atoms with Crippen molar-refractivity contribution in [1.82, 2.24) is 4.98 Å². The third-order valence-electron chi connectivity index (χ3n) is 8.48. The number of aromatic nitrogens is 1. The van der Waals surface area contributed by atoms with Crippen LogP contribution in [0.25, 0.3) is 66.4 Å². The van der Waals surface area contributed by atoms with Gasteiger partial charge in [-0.25, -0.2) is 4.98 Å². The Kier molecular flexibility index (Phi) is 5.78. The minimum atomic E-state index is 0.604. The van der Waals surface area contributed by atoms with Crippen molar-refractivity contribution in [3.63, 3.8) is 0 Å². The third kappa shape index (κ3) is 4.19. The molecule has 0 aliphatic carbocycles. The molecule has 0 saturated carbocycles. The lowest BCUT2D eigenvalue weighted by molar-refractivity contribution is 0.623. The number of nitrogens with zero attached hydrogens (tertiary/aromatic N) is 2. The summed E-state index contributed by atoms with van der Waals surface area (Å²) in [7, 11) is 0. The van der Waals surface area contributed by atoms with Crippen LogP contribution in [0.5, 0.6) is 0 Å². The SMILES string of the molecule is c1ccc(-c2nc3c(N(c4ccccc4)c4ccc(-c5cccc6oc7ccccc7c56)cc4)cc4ccccc4c3o2)cc1. The Morgan fingerprint density at radius 2 is 1.16 bits per heavy atom. The molecule has 0 atom stereocenters. The monoisotopic (exact) mass is 578 g/mol. The Bertz CT molecular complexity index is 2480. The molecule has 0 radical (unpaired) electrons. The molecule has 7 aromatic carbocycles. The van der Waals surface area contributed by atoms with Crippen LogP contribution in [0.1, 0.15) is 0 Å². The molecule has 0 aliphatic rings. The molecule has 9 rings (SSSR count). The first-order valence-electron chi connectivity index (χ1n) is 15.1. The maximum absolute atomic E-state index is 6.53. The molecule has 0 bridgehead atoms. The largest absolute Gasteiger partial charge is 0.456 e. The highest BCUT2D eigenvalue weighted by Gasteiger charge is 2.22. The van der Waals surface area contributed by atoms with Crippen molar-refractivity contribution in [2.75, 3.05) is 4.90 Å². The molecule has 2 aromatic heterocycles. The molecule has 4 nitrogen and oxygen atoms in total. The van der Waals surface area contributed by atoms with E-state index in [0.717, 1.165) is 77.6 Å². The molecular weight excluding hydrogens is 552 g/mol. The summed E-state index contributed by atoms with van der Waals surface area (Å²) in [6.07, 6.45) is 0. The highest BCUT2D eigenvalue weighted by atomic mass is 16.3. The standard InChI is InChI=1S/C41H26N2O2/c1-3-12-28(13-4-1)41-42-39-35(26-29-14-7-8-17-33(29)40(39)45-41)43(30-15-5-2-6-16-30)31-24-22-27(23-25-31)32-19-11-21-37-38(32)34-18-9-10-20-36(34)44-37/h1-26H. The van der Waals surface area contributed by atoms with Crippen molar-refractivity contribution >= 4 is 60.9 Å². The Balaban J connectivity index is 1.24. The smallest absolute Gasteiger partial charge is 0.227 e. The number of oxazole rings is 1. The second kappa shape index (κ2) is 10.2. The fourth-order valence-electron chi connectivity index (χ4n) is 6.41. The van der Waals surface area contributed by atoms with Crippen LogP contribution in [0, 0.1) is 0 Å². The van der Waals surface area contributed by atoms with Crippen molar-refractivity contribution in [3.05, 3.63) is 158 Å². The molecule has 45 heavy (non-hydrogen) atoms. The summed E-state index contributed by atoms with van der Waals surface area (Å²) in [5.74, 6) is 0.604. The van der Waals surface area contributed by atoms with Crippen molar-refractivity contribution in [3.8, 4) is 22.6 Å². The van der Waals surface area contributed by atoms with Crippen LogP contribution in [0.3, 0.4) is 0 Å². The van der Waals surface area contributed by atoms with E-state index in [9.17, 15) is 0 Å². The second-order valence-corrected chi connectivity index (χ2v) is 11.2. The predicted octanol–water partition coefficient (Wildman–Crippen LogP) is 11.7. The van der Waals surface area contributed by atoms with Gasteiger partial charge in [-0.05, 0) is 71.1 Å². The number of hydrogen-bond donors (Lipinski definition) is 0. The Labute approximate surface area is 259 Å². The quantitative estimate of drug-likeness (QED) is 0.204. The normalized spacial score (nSPS) is 11.6. The van der Waals surface area contributed by atoms with Crippen LogP contribution in [0.2, 0.25) is 0 Å². The fraction of sp³-hybridized carbons (Fsp3) is 0. The third-order valence-corrected chi connectivity index (χ3v) is 8.48. The Morgan fingerprint density at radius 1 is 0.489 bits per heavy atom. The molecule has 212 valence electrons. The first-order valence-corrected chi connectivity index (χ1v) is 15.1. The average Bonchev–Trinajstić information content (AvgIpc) is 3.73. The van der Waals surface area contributed by atoms with E-state index in [0.29, 0.717) is 5.89 Å². The maximum Gasteiger partial charge on any atom is 0.227 e. The zero-order valence-corrected chi connectivity index (χ0v) is 24.2. The lowest BCUT2D eigenvalue weighted by atomic mass is 9.99. The maximum atomic E-state index is 6.53. The van der Waals surface area contributed by atoms with E-state index >= 15 is 0 Å². The van der Waals surface area contributed by atoms with Crippen LogP contribution in [0.4, 0.5) is 17.1 Å². The van der Waals surface area contributed by atoms with Crippen LogP contribution >= 0.6 is 0 Å². The summed E-state index contributed by atoms with van der Waals surface area (Å²) in [6, 6.07) is 54.3. The van der Waals surface area contributed by atoms with Crippen molar-refractivity contribution in [2.45, 2.75) is 0 Å². The predicted molar refractivity (Wildman–Crippen MR) is 184 cm³/mol. The molecule has 0 aliphatic heterocycles. The lowest BCUT2D eigenvalue weighted by Gasteiger charge is -2.26. The number of hydrogen-bond acceptors (Lipinski definition) is 4. The van der Waals surface area contributed by atoms with Gasteiger partial charge in [0.15, 0.2) is 5.58 Å². The Morgan fingerprint density at radius 3 is 1.98 bits per heavy atom. The zero-order valence-electron chi connectivity index (χ0n) is 24.2. The number of para-hydroxylation sites is 2. The van der Waals surface area contributed by atoms with E-state index in [1.807, 2.05) is 60.7 Å². The summed E-state index contributed by atoms with van der Waals surface area (Å²) in [5, 5.41) is 4.38. The number of fused-ring (bicyclic) bond motifs is 6. The van der Waals surface area contributed by atoms with Gasteiger partial charge in [0, 0.05) is 33.1 Å². The minimum absolute atomic E-state index is 0.604. The van der Waals surface area contributed by atoms with Gasteiger partial charge >= 0.3 is 0 Å². The van der Waals surface area contributed by atoms with Gasteiger partial charge in [0.1, 0.15) is 16.7 Å². The van der Waals surface area contributed by atoms with Crippen molar-refractivity contribution in [1.29, 1.82) is 0 Å². The number of rotatable bonds is 5. The van der Waals surface area contributed by atoms with Crippen LogP contribution in [-0.4, -0.2) is 4.98 Å². The molecule has 0 spiro atoms. The van der Waals surface area contributed by atoms with Gasteiger partial charge < -0.3 is 13.7 Å². The van der Waals surface area contributed by atoms with E-state index in [-0.39, 0.29) is 0 Å².